The number of carbonyl (C=O) groups excluding carboxylic acids is 2. The van der Waals surface area contributed by atoms with Crippen LogP contribution in [0, 0.1) is 12.7 Å². The summed E-state index contributed by atoms with van der Waals surface area (Å²) in [5.41, 5.74) is 2.40. The third-order valence-corrected chi connectivity index (χ3v) is 5.70. The maximum Gasteiger partial charge on any atom is 0.409 e. The number of halogens is 1. The van der Waals surface area contributed by atoms with Crippen molar-refractivity contribution in [2.75, 3.05) is 36.9 Å². The number of hydrogen-bond acceptors (Lipinski definition) is 5. The quantitative estimate of drug-likeness (QED) is 0.634. The summed E-state index contributed by atoms with van der Waals surface area (Å²) in [6.45, 7) is 8.89. The Bertz CT molecular complexity index is 946. The third-order valence-electron chi connectivity index (χ3n) is 5.70. The molecular formula is C24H32FN5O3. The van der Waals surface area contributed by atoms with Gasteiger partial charge in [-0.15, -0.1) is 0 Å². The van der Waals surface area contributed by atoms with Crippen LogP contribution in [0.2, 0.25) is 0 Å². The van der Waals surface area contributed by atoms with Crippen LogP contribution in [-0.2, 0) is 11.3 Å². The molecule has 1 saturated heterocycles. The minimum Gasteiger partial charge on any atom is -0.450 e. The molecule has 0 saturated carbocycles. The Morgan fingerprint density at radius 2 is 1.94 bits per heavy atom. The second kappa shape index (κ2) is 11.6. The lowest BCUT2D eigenvalue weighted by Crippen LogP contribution is -2.47. The number of pyridine rings is 1. The number of anilines is 2. The monoisotopic (exact) mass is 457 g/mol. The second-order valence-corrected chi connectivity index (χ2v) is 8.07. The summed E-state index contributed by atoms with van der Waals surface area (Å²) in [6.07, 6.45) is 3.00. The summed E-state index contributed by atoms with van der Waals surface area (Å²) >= 11 is 0. The first kappa shape index (κ1) is 24.4. The molecule has 0 spiro atoms. The van der Waals surface area contributed by atoms with E-state index in [2.05, 4.69) is 20.5 Å². The fraction of sp³-hybridized carbons (Fsp3) is 0.458. The van der Waals surface area contributed by atoms with Gasteiger partial charge in [-0.1, -0.05) is 6.07 Å². The van der Waals surface area contributed by atoms with Gasteiger partial charge in [0.1, 0.15) is 5.82 Å². The summed E-state index contributed by atoms with van der Waals surface area (Å²) in [4.78, 5) is 32.6. The lowest BCUT2D eigenvalue weighted by atomic mass is 10.0. The van der Waals surface area contributed by atoms with Crippen LogP contribution in [0.25, 0.3) is 0 Å². The van der Waals surface area contributed by atoms with Gasteiger partial charge in [0, 0.05) is 37.9 Å². The average molecular weight is 458 g/mol. The number of aromatic nitrogens is 1. The van der Waals surface area contributed by atoms with Crippen molar-refractivity contribution in [1.29, 1.82) is 0 Å². The van der Waals surface area contributed by atoms with Gasteiger partial charge < -0.3 is 20.3 Å². The molecule has 1 aliphatic rings. The van der Waals surface area contributed by atoms with Crippen molar-refractivity contribution in [3.63, 3.8) is 0 Å². The minimum absolute atomic E-state index is 0.124. The summed E-state index contributed by atoms with van der Waals surface area (Å²) in [5.74, 6) is -0.498. The summed E-state index contributed by atoms with van der Waals surface area (Å²) < 4.78 is 19.5. The van der Waals surface area contributed by atoms with Gasteiger partial charge in [-0.25, -0.2) is 14.0 Å². The van der Waals surface area contributed by atoms with Crippen molar-refractivity contribution in [2.45, 2.75) is 46.2 Å². The van der Waals surface area contributed by atoms with Crippen molar-refractivity contribution >= 4 is 23.5 Å². The molecule has 178 valence electrons. The number of nitrogens with one attached hydrogen (secondary N) is 2. The second-order valence-electron chi connectivity index (χ2n) is 8.07. The van der Waals surface area contributed by atoms with Gasteiger partial charge in [-0.3, -0.25) is 9.88 Å². The Morgan fingerprint density at radius 3 is 2.58 bits per heavy atom. The van der Waals surface area contributed by atoms with E-state index in [-0.39, 0.29) is 17.8 Å². The molecule has 2 heterocycles. The molecule has 9 heteroatoms. The fourth-order valence-corrected chi connectivity index (χ4v) is 3.98. The van der Waals surface area contributed by atoms with E-state index in [1.165, 1.54) is 6.07 Å². The van der Waals surface area contributed by atoms with E-state index in [1.54, 1.807) is 35.4 Å². The number of ether oxygens (including phenoxy) is 1. The number of likely N-dealkylation sites (tertiary alicyclic amines) is 1. The van der Waals surface area contributed by atoms with Crippen LogP contribution in [0.5, 0.6) is 0 Å². The molecular weight excluding hydrogens is 425 g/mol. The molecule has 1 aromatic heterocycles. The number of carbonyl (C=O) groups is 2. The number of benzene rings is 1. The molecule has 33 heavy (non-hydrogen) atoms. The summed E-state index contributed by atoms with van der Waals surface area (Å²) in [6, 6.07) is 7.90. The zero-order valence-corrected chi connectivity index (χ0v) is 19.4. The lowest BCUT2D eigenvalue weighted by Gasteiger charge is -2.37. The Kier molecular flexibility index (Phi) is 8.59. The van der Waals surface area contributed by atoms with Crippen molar-refractivity contribution < 1.29 is 18.7 Å². The highest BCUT2D eigenvalue weighted by Gasteiger charge is 2.27. The molecule has 1 aliphatic heterocycles. The van der Waals surface area contributed by atoms with E-state index in [0.717, 1.165) is 37.2 Å². The van der Waals surface area contributed by atoms with Crippen LogP contribution < -0.4 is 10.6 Å². The fourth-order valence-electron chi connectivity index (χ4n) is 3.98. The van der Waals surface area contributed by atoms with E-state index in [4.69, 9.17) is 4.74 Å². The van der Waals surface area contributed by atoms with Gasteiger partial charge in [0.25, 0.3) is 0 Å². The molecule has 3 rings (SSSR count). The topological polar surface area (TPSA) is 86.8 Å². The number of aryl methyl sites for hydroxylation is 1. The normalized spacial score (nSPS) is 14.5. The Balaban J connectivity index is 1.55. The predicted molar refractivity (Wildman–Crippen MR) is 126 cm³/mol. The molecule has 0 atom stereocenters. The van der Waals surface area contributed by atoms with Gasteiger partial charge in [-0.2, -0.15) is 0 Å². The van der Waals surface area contributed by atoms with Crippen molar-refractivity contribution in [2.24, 2.45) is 0 Å². The summed E-state index contributed by atoms with van der Waals surface area (Å²) in [7, 11) is 0. The highest BCUT2D eigenvalue weighted by Crippen LogP contribution is 2.22. The number of piperidine rings is 1. The largest absolute Gasteiger partial charge is 0.450 e. The molecule has 0 unspecified atom stereocenters. The van der Waals surface area contributed by atoms with Gasteiger partial charge >= 0.3 is 12.1 Å². The van der Waals surface area contributed by atoms with Crippen molar-refractivity contribution in [3.05, 3.63) is 53.6 Å². The van der Waals surface area contributed by atoms with Gasteiger partial charge in [0.15, 0.2) is 0 Å². The molecule has 8 nitrogen and oxygen atoms in total. The van der Waals surface area contributed by atoms with Crippen molar-refractivity contribution in [3.8, 4) is 0 Å². The van der Waals surface area contributed by atoms with E-state index >= 15 is 0 Å². The Morgan fingerprint density at radius 1 is 1.18 bits per heavy atom. The molecule has 2 aromatic rings. The smallest absolute Gasteiger partial charge is 0.409 e. The van der Waals surface area contributed by atoms with E-state index in [0.29, 0.717) is 25.4 Å². The average Bonchev–Trinajstić information content (AvgIpc) is 2.79. The standard InChI is InChI=1S/C24H32FN5O3/c1-4-30(24(32)33-5-2)20-10-12-29(13-11-20)16-18-7-9-21(25)22(14-18)28-23(31)27-19-8-6-17(3)26-15-19/h6-9,14-15,20H,4-5,10-13,16H2,1-3H3,(H2,27,28,31). The maximum atomic E-state index is 14.3. The molecule has 3 amide bonds. The van der Waals surface area contributed by atoms with Crippen LogP contribution in [0.1, 0.15) is 37.9 Å². The van der Waals surface area contributed by atoms with Crippen LogP contribution in [0.15, 0.2) is 36.5 Å². The van der Waals surface area contributed by atoms with Crippen molar-refractivity contribution in [1.82, 2.24) is 14.8 Å². The minimum atomic E-state index is -0.531. The highest BCUT2D eigenvalue weighted by molar-refractivity contribution is 5.99. The molecule has 2 N–H and O–H groups in total. The van der Waals surface area contributed by atoms with E-state index in [9.17, 15) is 14.0 Å². The molecule has 1 aromatic carbocycles. The van der Waals surface area contributed by atoms with E-state index in [1.807, 2.05) is 20.8 Å². The molecule has 0 aliphatic carbocycles. The van der Waals surface area contributed by atoms with Crippen LogP contribution in [0.4, 0.5) is 25.4 Å². The summed E-state index contributed by atoms with van der Waals surface area (Å²) in [5, 5.41) is 5.23. The number of nitrogens with zero attached hydrogens (tertiary/aromatic N) is 3. The molecule has 1 fully saturated rings. The van der Waals surface area contributed by atoms with E-state index < -0.39 is 11.8 Å². The molecule has 0 bridgehead atoms. The van der Waals surface area contributed by atoms with Gasteiger partial charge in [0.05, 0.1) is 24.2 Å². The third kappa shape index (κ3) is 6.89. The number of hydrogen-bond donors (Lipinski definition) is 2. The Hall–Kier alpha value is -3.20. The number of amides is 3. The highest BCUT2D eigenvalue weighted by atomic mass is 19.1. The Labute approximate surface area is 194 Å². The first-order chi connectivity index (χ1) is 15.9. The lowest BCUT2D eigenvalue weighted by molar-refractivity contribution is 0.0692. The zero-order chi connectivity index (χ0) is 23.8. The maximum absolute atomic E-state index is 14.3. The van der Waals surface area contributed by atoms with Crippen LogP contribution in [0.3, 0.4) is 0 Å². The first-order valence-electron chi connectivity index (χ1n) is 11.3. The zero-order valence-electron chi connectivity index (χ0n) is 19.4. The van der Waals surface area contributed by atoms with Gasteiger partial charge in [0.2, 0.25) is 0 Å². The molecule has 0 radical (unpaired) electrons. The predicted octanol–water partition coefficient (Wildman–Crippen LogP) is 4.62. The van der Waals surface area contributed by atoms with Crippen LogP contribution in [-0.4, -0.2) is 59.2 Å². The first-order valence-corrected chi connectivity index (χ1v) is 11.3. The van der Waals surface area contributed by atoms with Crippen LogP contribution >= 0.6 is 0 Å². The van der Waals surface area contributed by atoms with Gasteiger partial charge in [-0.05, 0) is 63.4 Å². The SMILES string of the molecule is CCOC(=O)N(CC)C1CCN(Cc2ccc(F)c(NC(=O)Nc3ccc(C)nc3)c2)CC1. The number of urea groups is 1. The number of rotatable bonds is 7.